The van der Waals surface area contributed by atoms with Crippen LogP contribution in [0.1, 0.15) is 48.3 Å². The van der Waals surface area contributed by atoms with Gasteiger partial charge in [0.1, 0.15) is 11.6 Å². The molecule has 14 heteroatoms. The van der Waals surface area contributed by atoms with E-state index in [0.29, 0.717) is 29.4 Å². The van der Waals surface area contributed by atoms with E-state index in [0.717, 1.165) is 35.1 Å². The number of sulfonamides is 1. The molecule has 2 aliphatic heterocycles. The molecule has 0 bridgehead atoms. The van der Waals surface area contributed by atoms with Crippen LogP contribution in [0.15, 0.2) is 41.3 Å². The first-order chi connectivity index (χ1) is 20.2. The summed E-state index contributed by atoms with van der Waals surface area (Å²) in [7, 11) is 1.28. The Hall–Kier alpha value is -3.88. The van der Waals surface area contributed by atoms with Crippen molar-refractivity contribution in [3.05, 3.63) is 64.9 Å². The molecule has 2 amide bonds. The molecule has 0 saturated carbocycles. The molecule has 0 radical (unpaired) electrons. The monoisotopic (exact) mass is 615 g/mol. The summed E-state index contributed by atoms with van der Waals surface area (Å²) in [6, 6.07) is 6.93. The minimum absolute atomic E-state index is 0.00777. The topological polar surface area (TPSA) is 131 Å². The fourth-order valence-corrected chi connectivity index (χ4v) is 7.29. The van der Waals surface area contributed by atoms with Crippen LogP contribution in [0.4, 0.5) is 26.0 Å². The van der Waals surface area contributed by atoms with Gasteiger partial charge < -0.3 is 15.5 Å². The molecule has 1 atom stereocenters. The third kappa shape index (κ3) is 5.99. The lowest BCUT2D eigenvalue weighted by Gasteiger charge is -2.36. The van der Waals surface area contributed by atoms with E-state index in [1.165, 1.54) is 0 Å². The van der Waals surface area contributed by atoms with Gasteiger partial charge in [0.05, 0.1) is 22.2 Å². The smallest absolute Gasteiger partial charge is 0.258 e. The Balaban J connectivity index is 1.45. The molecule has 5 rings (SSSR count). The van der Waals surface area contributed by atoms with Crippen molar-refractivity contribution in [1.29, 1.82) is 0 Å². The molecule has 43 heavy (non-hydrogen) atoms. The number of hydrogen-bond acceptors (Lipinski definition) is 7. The molecule has 0 spiro atoms. The van der Waals surface area contributed by atoms with Crippen molar-refractivity contribution >= 4 is 39.0 Å². The summed E-state index contributed by atoms with van der Waals surface area (Å²) in [6.07, 6.45) is 1.62. The molecule has 1 saturated heterocycles. The van der Waals surface area contributed by atoms with Crippen molar-refractivity contribution in [3.8, 4) is 0 Å². The number of anilines is 3. The maximum absolute atomic E-state index is 13.9. The lowest BCUT2D eigenvalue weighted by Crippen LogP contribution is -2.45. The van der Waals surface area contributed by atoms with E-state index in [1.807, 2.05) is 30.9 Å². The number of H-pyrrole nitrogens is 1. The summed E-state index contributed by atoms with van der Waals surface area (Å²) in [4.78, 5) is 30.1. The van der Waals surface area contributed by atoms with Gasteiger partial charge in [-0.2, -0.15) is 9.40 Å². The first kappa shape index (κ1) is 30.6. The molecule has 1 fully saturated rings. The van der Waals surface area contributed by atoms with Crippen LogP contribution >= 0.6 is 0 Å². The third-order valence-corrected chi connectivity index (χ3v) is 9.77. The molecule has 2 aromatic carbocycles. The van der Waals surface area contributed by atoms with Gasteiger partial charge in [0.25, 0.3) is 5.91 Å². The maximum atomic E-state index is 13.9. The van der Waals surface area contributed by atoms with E-state index in [9.17, 15) is 26.8 Å². The standard InChI is InChI=1S/C29H35F2N7O4S/c1-29(2)16-38(43(41,42)20-12-17(30)11-18(31)13-20)15-22-25(29)34-35-26(22)33-27(39)21-9-8-19(36(3)4)14-23(21)32-28(40)24-7-6-10-37(24)5/h8-9,11-14,24H,6-7,10,15-16H2,1-5H3,(H,32,40)(H2,33,34,35,39)/t24-/m1/s1. The number of aromatic nitrogens is 2. The van der Waals surface area contributed by atoms with Crippen molar-refractivity contribution in [3.63, 3.8) is 0 Å². The lowest BCUT2D eigenvalue weighted by atomic mass is 9.84. The molecule has 1 aromatic heterocycles. The van der Waals surface area contributed by atoms with Gasteiger partial charge in [-0.1, -0.05) is 13.8 Å². The number of carbonyl (C=O) groups excluding carboxylic acids is 2. The molecule has 3 N–H and O–H groups in total. The summed E-state index contributed by atoms with van der Waals surface area (Å²) >= 11 is 0. The van der Waals surface area contributed by atoms with E-state index >= 15 is 0 Å². The fourth-order valence-electron chi connectivity index (χ4n) is 5.68. The Bertz CT molecular complexity index is 1670. The number of aromatic amines is 1. The molecule has 2 aliphatic rings. The van der Waals surface area contributed by atoms with Crippen LogP contribution in [-0.2, 0) is 26.8 Å². The van der Waals surface area contributed by atoms with Crippen molar-refractivity contribution in [1.82, 2.24) is 19.4 Å². The number of likely N-dealkylation sites (tertiary alicyclic amines) is 1. The largest absolute Gasteiger partial charge is 0.378 e. The number of amides is 2. The van der Waals surface area contributed by atoms with Gasteiger partial charge in [-0.25, -0.2) is 17.2 Å². The van der Waals surface area contributed by atoms with Crippen LogP contribution in [-0.4, -0.2) is 79.9 Å². The number of nitrogens with zero attached hydrogens (tertiary/aromatic N) is 4. The first-order valence-electron chi connectivity index (χ1n) is 13.8. The average molecular weight is 616 g/mol. The van der Waals surface area contributed by atoms with E-state index in [1.54, 1.807) is 32.0 Å². The highest BCUT2D eigenvalue weighted by molar-refractivity contribution is 7.89. The normalized spacial score (nSPS) is 18.7. The Labute approximate surface area is 249 Å². The number of carbonyl (C=O) groups is 2. The van der Waals surface area contributed by atoms with E-state index < -0.39 is 37.9 Å². The minimum Gasteiger partial charge on any atom is -0.378 e. The minimum atomic E-state index is -4.30. The highest BCUT2D eigenvalue weighted by Crippen LogP contribution is 2.38. The highest BCUT2D eigenvalue weighted by atomic mass is 32.2. The maximum Gasteiger partial charge on any atom is 0.258 e. The fraction of sp³-hybridized carbons (Fsp3) is 0.414. The van der Waals surface area contributed by atoms with Crippen molar-refractivity contribution < 1.29 is 26.8 Å². The van der Waals surface area contributed by atoms with E-state index in [4.69, 9.17) is 0 Å². The molecular weight excluding hydrogens is 580 g/mol. The highest BCUT2D eigenvalue weighted by Gasteiger charge is 2.41. The van der Waals surface area contributed by atoms with Gasteiger partial charge in [0, 0.05) is 55.6 Å². The number of halogens is 2. The quantitative estimate of drug-likeness (QED) is 0.371. The molecule has 3 aromatic rings. The summed E-state index contributed by atoms with van der Waals surface area (Å²) in [5.74, 6) is -2.66. The number of likely N-dealkylation sites (N-methyl/N-ethyl adjacent to an activating group) is 1. The molecule has 3 heterocycles. The molecule has 0 aliphatic carbocycles. The van der Waals surface area contributed by atoms with Gasteiger partial charge in [-0.05, 0) is 56.8 Å². The van der Waals surface area contributed by atoms with Crippen LogP contribution in [0.5, 0.6) is 0 Å². The Morgan fingerprint density at radius 3 is 2.42 bits per heavy atom. The van der Waals surface area contributed by atoms with Crippen LogP contribution in [0.2, 0.25) is 0 Å². The lowest BCUT2D eigenvalue weighted by molar-refractivity contribution is -0.119. The van der Waals surface area contributed by atoms with E-state index in [-0.39, 0.29) is 36.4 Å². The third-order valence-electron chi connectivity index (χ3n) is 8.00. The zero-order chi connectivity index (χ0) is 31.3. The summed E-state index contributed by atoms with van der Waals surface area (Å²) in [5.41, 5.74) is 1.58. The van der Waals surface area contributed by atoms with Gasteiger partial charge in [-0.3, -0.25) is 19.6 Å². The van der Waals surface area contributed by atoms with Crippen LogP contribution in [0.25, 0.3) is 0 Å². The Morgan fingerprint density at radius 2 is 1.79 bits per heavy atom. The van der Waals surface area contributed by atoms with Crippen molar-refractivity contribution in [2.45, 2.75) is 49.6 Å². The zero-order valence-corrected chi connectivity index (χ0v) is 25.5. The number of rotatable bonds is 7. The average Bonchev–Trinajstić information content (AvgIpc) is 3.54. The zero-order valence-electron chi connectivity index (χ0n) is 24.7. The second-order valence-corrected chi connectivity index (χ2v) is 13.8. The second-order valence-electron chi connectivity index (χ2n) is 11.9. The predicted octanol–water partition coefficient (Wildman–Crippen LogP) is 3.52. The second kappa shape index (κ2) is 11.3. The molecule has 0 unspecified atom stereocenters. The Kier molecular flexibility index (Phi) is 8.05. The predicted molar refractivity (Wildman–Crippen MR) is 159 cm³/mol. The number of hydrogen-bond donors (Lipinski definition) is 3. The van der Waals surface area contributed by atoms with Gasteiger partial charge in [0.15, 0.2) is 5.82 Å². The van der Waals surface area contributed by atoms with Crippen molar-refractivity contribution in [2.75, 3.05) is 49.8 Å². The summed E-state index contributed by atoms with van der Waals surface area (Å²) < 4.78 is 55.8. The van der Waals surface area contributed by atoms with Gasteiger partial charge in [-0.15, -0.1) is 0 Å². The van der Waals surface area contributed by atoms with Crippen LogP contribution < -0.4 is 15.5 Å². The first-order valence-corrected chi connectivity index (χ1v) is 15.3. The number of fused-ring (bicyclic) bond motifs is 1. The van der Waals surface area contributed by atoms with E-state index in [2.05, 4.69) is 20.8 Å². The Morgan fingerprint density at radius 1 is 1.09 bits per heavy atom. The van der Waals surface area contributed by atoms with Gasteiger partial charge >= 0.3 is 0 Å². The number of benzene rings is 2. The summed E-state index contributed by atoms with van der Waals surface area (Å²) in [6.45, 7) is 4.23. The van der Waals surface area contributed by atoms with Crippen LogP contribution in [0.3, 0.4) is 0 Å². The summed E-state index contributed by atoms with van der Waals surface area (Å²) in [5, 5.41) is 12.9. The van der Waals surface area contributed by atoms with Gasteiger partial charge in [0.2, 0.25) is 15.9 Å². The molecular formula is C29H35F2N7O4S. The molecule has 11 nitrogen and oxygen atoms in total. The number of nitrogens with one attached hydrogen (secondary N) is 3. The van der Waals surface area contributed by atoms with Crippen molar-refractivity contribution in [2.24, 2.45) is 0 Å². The SMILES string of the molecule is CN(C)c1ccc(C(=O)Nc2n[nH]c3c2CN(S(=O)(=O)c2cc(F)cc(F)c2)CC3(C)C)c(NC(=O)[C@H]2CCCN2C)c1. The van der Waals surface area contributed by atoms with Crippen LogP contribution in [0, 0.1) is 11.6 Å². The molecule has 230 valence electrons.